The highest BCUT2D eigenvalue weighted by molar-refractivity contribution is 7.15. The van der Waals surface area contributed by atoms with Crippen molar-refractivity contribution in [1.82, 2.24) is 9.38 Å². The van der Waals surface area contributed by atoms with Crippen LogP contribution in [0.5, 0.6) is 5.75 Å². The van der Waals surface area contributed by atoms with E-state index in [4.69, 9.17) is 4.74 Å². The second-order valence-electron chi connectivity index (χ2n) is 4.11. The Balaban J connectivity index is 1.68. The number of rotatable bonds is 4. The molecule has 92 valence electrons. The number of thiazole rings is 1. The van der Waals surface area contributed by atoms with E-state index in [9.17, 15) is 0 Å². The summed E-state index contributed by atoms with van der Waals surface area (Å²) in [6.45, 7) is 2.66. The predicted octanol–water partition coefficient (Wildman–Crippen LogP) is 3.54. The van der Waals surface area contributed by atoms with E-state index in [0.717, 1.165) is 22.8 Å². The third-order valence-electron chi connectivity index (χ3n) is 2.86. The molecule has 3 rings (SSSR count). The molecule has 2 heterocycles. The molecule has 0 aliphatic rings. The second kappa shape index (κ2) is 4.82. The summed E-state index contributed by atoms with van der Waals surface area (Å²) in [7, 11) is 0. The minimum atomic E-state index is 0.514. The van der Waals surface area contributed by atoms with Gasteiger partial charge in [0.1, 0.15) is 12.4 Å². The fourth-order valence-corrected chi connectivity index (χ4v) is 2.54. The zero-order valence-electron chi connectivity index (χ0n) is 10.2. The van der Waals surface area contributed by atoms with Gasteiger partial charge in [0.15, 0.2) is 4.96 Å². The Morgan fingerprint density at radius 2 is 2.11 bits per heavy atom. The smallest absolute Gasteiger partial charge is 0.193 e. The molecule has 0 bridgehead atoms. The molecule has 0 fully saturated rings. The SMILES string of the molecule is CCc1ccc(OCc2cn3ccsc3n2)cc1. The lowest BCUT2D eigenvalue weighted by Gasteiger charge is -2.04. The molecule has 3 aromatic rings. The van der Waals surface area contributed by atoms with Crippen LogP contribution in [0.25, 0.3) is 4.96 Å². The summed E-state index contributed by atoms with van der Waals surface area (Å²) >= 11 is 1.63. The van der Waals surface area contributed by atoms with E-state index >= 15 is 0 Å². The Kier molecular flexibility index (Phi) is 3.02. The first-order chi connectivity index (χ1) is 8.85. The van der Waals surface area contributed by atoms with Crippen LogP contribution in [0.1, 0.15) is 18.2 Å². The van der Waals surface area contributed by atoms with E-state index in [1.807, 2.05) is 34.3 Å². The topological polar surface area (TPSA) is 26.5 Å². The first kappa shape index (κ1) is 11.3. The fourth-order valence-electron chi connectivity index (χ4n) is 1.82. The predicted molar refractivity (Wildman–Crippen MR) is 73.2 cm³/mol. The highest BCUT2D eigenvalue weighted by Crippen LogP contribution is 2.16. The van der Waals surface area contributed by atoms with Gasteiger partial charge in [-0.05, 0) is 24.1 Å². The Labute approximate surface area is 110 Å². The molecule has 4 heteroatoms. The molecular weight excluding hydrogens is 244 g/mol. The van der Waals surface area contributed by atoms with E-state index in [0.29, 0.717) is 6.61 Å². The summed E-state index contributed by atoms with van der Waals surface area (Å²) < 4.78 is 7.74. The molecule has 1 aromatic carbocycles. The van der Waals surface area contributed by atoms with Crippen molar-refractivity contribution in [3.05, 3.63) is 53.3 Å². The van der Waals surface area contributed by atoms with Gasteiger partial charge in [0.2, 0.25) is 0 Å². The van der Waals surface area contributed by atoms with Crippen LogP contribution in [0, 0.1) is 0 Å². The van der Waals surface area contributed by atoms with Crippen LogP contribution in [0.15, 0.2) is 42.0 Å². The molecule has 0 atom stereocenters. The lowest BCUT2D eigenvalue weighted by atomic mass is 10.2. The second-order valence-corrected chi connectivity index (χ2v) is 4.98. The van der Waals surface area contributed by atoms with Gasteiger partial charge in [-0.3, -0.25) is 4.40 Å². The molecule has 0 saturated carbocycles. The van der Waals surface area contributed by atoms with E-state index in [1.165, 1.54) is 5.56 Å². The molecule has 0 saturated heterocycles. The number of imidazole rings is 1. The first-order valence-corrected chi connectivity index (χ1v) is 6.86. The largest absolute Gasteiger partial charge is 0.487 e. The third-order valence-corrected chi connectivity index (χ3v) is 3.63. The normalized spacial score (nSPS) is 10.9. The first-order valence-electron chi connectivity index (χ1n) is 5.98. The zero-order chi connectivity index (χ0) is 12.4. The van der Waals surface area contributed by atoms with Gasteiger partial charge in [-0.2, -0.15) is 0 Å². The summed E-state index contributed by atoms with van der Waals surface area (Å²) in [5.74, 6) is 0.892. The molecule has 0 unspecified atom stereocenters. The van der Waals surface area contributed by atoms with Gasteiger partial charge in [0, 0.05) is 17.8 Å². The van der Waals surface area contributed by atoms with Gasteiger partial charge < -0.3 is 4.74 Å². The van der Waals surface area contributed by atoms with Crippen molar-refractivity contribution < 1.29 is 4.74 Å². The van der Waals surface area contributed by atoms with Crippen LogP contribution in [-0.2, 0) is 13.0 Å². The quantitative estimate of drug-likeness (QED) is 0.715. The molecule has 0 aliphatic carbocycles. The van der Waals surface area contributed by atoms with Crippen LogP contribution >= 0.6 is 11.3 Å². The van der Waals surface area contributed by atoms with Crippen molar-refractivity contribution in [2.75, 3.05) is 0 Å². The lowest BCUT2D eigenvalue weighted by Crippen LogP contribution is -1.95. The average molecular weight is 258 g/mol. The van der Waals surface area contributed by atoms with Gasteiger partial charge in [-0.1, -0.05) is 19.1 Å². The molecular formula is C14H14N2OS. The van der Waals surface area contributed by atoms with E-state index in [-0.39, 0.29) is 0 Å². The van der Waals surface area contributed by atoms with Gasteiger partial charge in [0.25, 0.3) is 0 Å². The number of hydrogen-bond donors (Lipinski definition) is 0. The Hall–Kier alpha value is -1.81. The van der Waals surface area contributed by atoms with Gasteiger partial charge in [-0.15, -0.1) is 11.3 Å². The Morgan fingerprint density at radius 1 is 1.28 bits per heavy atom. The van der Waals surface area contributed by atoms with Crippen molar-refractivity contribution >= 4 is 16.3 Å². The van der Waals surface area contributed by atoms with Crippen molar-refractivity contribution in [1.29, 1.82) is 0 Å². The standard InChI is InChI=1S/C14H14N2OS/c1-2-11-3-5-13(6-4-11)17-10-12-9-16-7-8-18-14(16)15-12/h3-9H,2,10H2,1H3. The van der Waals surface area contributed by atoms with Crippen LogP contribution in [0.2, 0.25) is 0 Å². The van der Waals surface area contributed by atoms with Crippen molar-refractivity contribution in [2.24, 2.45) is 0 Å². The van der Waals surface area contributed by atoms with Crippen LogP contribution in [0.4, 0.5) is 0 Å². The number of ether oxygens (including phenoxy) is 1. The fraction of sp³-hybridized carbons (Fsp3) is 0.214. The summed E-state index contributed by atoms with van der Waals surface area (Å²) in [6, 6.07) is 8.22. The van der Waals surface area contributed by atoms with E-state index in [1.54, 1.807) is 11.3 Å². The molecule has 0 aliphatic heterocycles. The minimum Gasteiger partial charge on any atom is -0.487 e. The highest BCUT2D eigenvalue weighted by Gasteiger charge is 2.03. The van der Waals surface area contributed by atoms with Gasteiger partial charge in [0.05, 0.1) is 5.69 Å². The number of aryl methyl sites for hydroxylation is 1. The molecule has 3 nitrogen and oxygen atoms in total. The zero-order valence-corrected chi connectivity index (χ0v) is 11.0. The monoisotopic (exact) mass is 258 g/mol. The highest BCUT2D eigenvalue weighted by atomic mass is 32.1. The van der Waals surface area contributed by atoms with E-state index in [2.05, 4.69) is 24.0 Å². The molecule has 0 spiro atoms. The maximum atomic E-state index is 5.72. The number of fused-ring (bicyclic) bond motifs is 1. The van der Waals surface area contributed by atoms with Crippen molar-refractivity contribution in [3.8, 4) is 5.75 Å². The number of benzene rings is 1. The Morgan fingerprint density at radius 3 is 2.83 bits per heavy atom. The van der Waals surface area contributed by atoms with Crippen molar-refractivity contribution in [3.63, 3.8) is 0 Å². The number of hydrogen-bond acceptors (Lipinski definition) is 3. The van der Waals surface area contributed by atoms with Crippen molar-refractivity contribution in [2.45, 2.75) is 20.0 Å². The van der Waals surface area contributed by atoms with Gasteiger partial charge in [-0.25, -0.2) is 4.98 Å². The molecule has 0 amide bonds. The maximum Gasteiger partial charge on any atom is 0.193 e. The lowest BCUT2D eigenvalue weighted by molar-refractivity contribution is 0.302. The maximum absolute atomic E-state index is 5.72. The Bertz CT molecular complexity index is 611. The van der Waals surface area contributed by atoms with Gasteiger partial charge >= 0.3 is 0 Å². The molecule has 0 radical (unpaired) electrons. The summed E-state index contributed by atoms with van der Waals surface area (Å²) in [6.07, 6.45) is 5.07. The minimum absolute atomic E-state index is 0.514. The average Bonchev–Trinajstić information content (AvgIpc) is 2.97. The summed E-state index contributed by atoms with van der Waals surface area (Å²) in [4.78, 5) is 5.49. The molecule has 18 heavy (non-hydrogen) atoms. The number of nitrogens with zero attached hydrogens (tertiary/aromatic N) is 2. The van der Waals surface area contributed by atoms with Crippen LogP contribution in [-0.4, -0.2) is 9.38 Å². The molecule has 2 aromatic heterocycles. The summed E-state index contributed by atoms with van der Waals surface area (Å²) in [5, 5.41) is 2.02. The van der Waals surface area contributed by atoms with Crippen LogP contribution in [0.3, 0.4) is 0 Å². The molecule has 0 N–H and O–H groups in total. The number of aromatic nitrogens is 2. The van der Waals surface area contributed by atoms with E-state index < -0.39 is 0 Å². The summed E-state index contributed by atoms with van der Waals surface area (Å²) in [5.41, 5.74) is 2.28. The third kappa shape index (κ3) is 2.24. The van der Waals surface area contributed by atoms with Crippen LogP contribution < -0.4 is 4.74 Å².